The number of hydrogen-bond acceptors (Lipinski definition) is 5. The van der Waals surface area contributed by atoms with Crippen LogP contribution in [-0.4, -0.2) is 43.6 Å². The molecule has 6 nitrogen and oxygen atoms in total. The number of amides is 1. The fourth-order valence-electron chi connectivity index (χ4n) is 4.20. The minimum absolute atomic E-state index is 0.0988. The van der Waals surface area contributed by atoms with E-state index < -0.39 is 0 Å². The lowest BCUT2D eigenvalue weighted by atomic mass is 9.77. The average Bonchev–Trinajstić information content (AvgIpc) is 3.01. The summed E-state index contributed by atoms with van der Waals surface area (Å²) in [5, 5.41) is 9.98. The van der Waals surface area contributed by atoms with Gasteiger partial charge in [0.05, 0.1) is 5.57 Å². The zero-order chi connectivity index (χ0) is 19.6. The number of allylic oxidation sites excluding steroid dienone is 1. The Kier molecular flexibility index (Phi) is 5.31. The topological polar surface area (TPSA) is 77.9 Å². The number of amidine groups is 1. The van der Waals surface area contributed by atoms with Gasteiger partial charge in [-0.3, -0.25) is 14.8 Å². The van der Waals surface area contributed by atoms with Crippen molar-refractivity contribution < 1.29 is 4.79 Å². The lowest BCUT2D eigenvalue weighted by molar-refractivity contribution is -0.116. The molecule has 3 aliphatic heterocycles. The first-order valence-electron chi connectivity index (χ1n) is 10.1. The molecular formula is C22H29N5O. The molecule has 148 valence electrons. The number of rotatable bonds is 4. The van der Waals surface area contributed by atoms with Gasteiger partial charge in [-0.1, -0.05) is 32.1 Å². The van der Waals surface area contributed by atoms with Gasteiger partial charge in [0.2, 0.25) is 0 Å². The van der Waals surface area contributed by atoms with Crippen LogP contribution in [0.4, 0.5) is 0 Å². The number of nitrogens with one attached hydrogen (secondary N) is 3. The van der Waals surface area contributed by atoms with E-state index >= 15 is 0 Å². The van der Waals surface area contributed by atoms with Crippen LogP contribution in [0.3, 0.4) is 0 Å². The van der Waals surface area contributed by atoms with Crippen molar-refractivity contribution in [3.63, 3.8) is 0 Å². The Labute approximate surface area is 166 Å². The Morgan fingerprint density at radius 3 is 3.07 bits per heavy atom. The van der Waals surface area contributed by atoms with Crippen molar-refractivity contribution in [2.75, 3.05) is 19.6 Å². The van der Waals surface area contributed by atoms with E-state index in [-0.39, 0.29) is 17.4 Å². The molecule has 3 unspecified atom stereocenters. The van der Waals surface area contributed by atoms with Crippen molar-refractivity contribution in [3.05, 3.63) is 47.9 Å². The van der Waals surface area contributed by atoms with Crippen LogP contribution in [0, 0.1) is 17.3 Å². The van der Waals surface area contributed by atoms with Crippen molar-refractivity contribution in [3.8, 4) is 0 Å². The highest BCUT2D eigenvalue weighted by Gasteiger charge is 2.40. The van der Waals surface area contributed by atoms with Crippen LogP contribution in [0.15, 0.2) is 57.8 Å². The molecule has 0 saturated carbocycles. The molecule has 0 aromatic heterocycles. The van der Waals surface area contributed by atoms with Gasteiger partial charge < -0.3 is 16.0 Å². The number of carbonyl (C=O) groups is 1. The number of nitrogens with zero attached hydrogens (tertiary/aromatic N) is 2. The molecule has 0 spiro atoms. The molecule has 4 aliphatic rings. The molecule has 0 aromatic carbocycles. The summed E-state index contributed by atoms with van der Waals surface area (Å²) in [5.41, 5.74) is 1.73. The summed E-state index contributed by atoms with van der Waals surface area (Å²) in [6.45, 7) is 7.00. The van der Waals surface area contributed by atoms with E-state index in [1.807, 2.05) is 24.6 Å². The Morgan fingerprint density at radius 1 is 1.36 bits per heavy atom. The van der Waals surface area contributed by atoms with E-state index in [2.05, 4.69) is 58.0 Å². The molecule has 0 aromatic rings. The van der Waals surface area contributed by atoms with Gasteiger partial charge >= 0.3 is 0 Å². The van der Waals surface area contributed by atoms with Gasteiger partial charge in [-0.2, -0.15) is 0 Å². The second-order valence-corrected chi connectivity index (χ2v) is 8.54. The van der Waals surface area contributed by atoms with Crippen LogP contribution in [-0.2, 0) is 4.79 Å². The van der Waals surface area contributed by atoms with E-state index in [9.17, 15) is 4.79 Å². The maximum absolute atomic E-state index is 12.9. The van der Waals surface area contributed by atoms with Crippen LogP contribution in [0.25, 0.3) is 0 Å². The predicted octanol–water partition coefficient (Wildman–Crippen LogP) is 2.09. The average molecular weight is 380 g/mol. The molecule has 1 saturated heterocycles. The number of aliphatic imine (C=N–C) groups is 2. The van der Waals surface area contributed by atoms with Crippen molar-refractivity contribution in [1.29, 1.82) is 0 Å². The number of dihydropyridines is 1. The highest BCUT2D eigenvalue weighted by atomic mass is 16.1. The van der Waals surface area contributed by atoms with Crippen molar-refractivity contribution >= 4 is 18.0 Å². The van der Waals surface area contributed by atoms with E-state index in [4.69, 9.17) is 0 Å². The van der Waals surface area contributed by atoms with Crippen molar-refractivity contribution in [1.82, 2.24) is 16.0 Å². The summed E-state index contributed by atoms with van der Waals surface area (Å²) in [5.74, 6) is 1.44. The molecule has 6 heteroatoms. The van der Waals surface area contributed by atoms with Crippen molar-refractivity contribution in [2.45, 2.75) is 32.7 Å². The number of hydrogen-bond donors (Lipinski definition) is 3. The lowest BCUT2D eigenvalue weighted by Crippen LogP contribution is -2.39. The minimum atomic E-state index is -0.0988. The molecule has 0 radical (unpaired) electrons. The molecule has 3 atom stereocenters. The smallest absolute Gasteiger partial charge is 0.259 e. The first-order valence-corrected chi connectivity index (χ1v) is 10.1. The van der Waals surface area contributed by atoms with Crippen LogP contribution in [0.5, 0.6) is 0 Å². The maximum Gasteiger partial charge on any atom is 0.259 e. The Hall–Kier alpha value is -2.47. The SMILES string of the molecule is CC1(C)CNC2C=C(NC(=O)C3=CCCN=C3NCC3C=CN=CC3)C=CC21. The highest BCUT2D eigenvalue weighted by molar-refractivity contribution is 6.21. The van der Waals surface area contributed by atoms with Gasteiger partial charge in [0.25, 0.3) is 5.91 Å². The van der Waals surface area contributed by atoms with Crippen molar-refractivity contribution in [2.24, 2.45) is 27.2 Å². The summed E-state index contributed by atoms with van der Waals surface area (Å²) >= 11 is 0. The minimum Gasteiger partial charge on any atom is -0.369 e. The van der Waals surface area contributed by atoms with Gasteiger partial charge in [0.15, 0.2) is 0 Å². The molecular weight excluding hydrogens is 350 g/mol. The molecule has 0 bridgehead atoms. The fourth-order valence-corrected chi connectivity index (χ4v) is 4.20. The zero-order valence-electron chi connectivity index (χ0n) is 16.6. The van der Waals surface area contributed by atoms with Crippen LogP contribution < -0.4 is 16.0 Å². The van der Waals surface area contributed by atoms with E-state index in [0.717, 1.165) is 31.6 Å². The van der Waals surface area contributed by atoms with Crippen LogP contribution in [0.1, 0.15) is 26.7 Å². The number of carbonyl (C=O) groups excluding carboxylic acids is 1. The van der Waals surface area contributed by atoms with E-state index in [0.29, 0.717) is 29.8 Å². The van der Waals surface area contributed by atoms with Gasteiger partial charge in [-0.25, -0.2) is 0 Å². The second kappa shape index (κ2) is 7.87. The van der Waals surface area contributed by atoms with Gasteiger partial charge in [-0.05, 0) is 30.4 Å². The molecule has 4 rings (SSSR count). The van der Waals surface area contributed by atoms with E-state index in [1.165, 1.54) is 0 Å². The third kappa shape index (κ3) is 4.02. The van der Waals surface area contributed by atoms with Gasteiger partial charge in [-0.15, -0.1) is 0 Å². The third-order valence-electron chi connectivity index (χ3n) is 5.92. The molecule has 1 fully saturated rings. The van der Waals surface area contributed by atoms with Gasteiger partial charge in [0.1, 0.15) is 5.84 Å². The molecule has 3 N–H and O–H groups in total. The summed E-state index contributed by atoms with van der Waals surface area (Å²) < 4.78 is 0. The highest BCUT2D eigenvalue weighted by Crippen LogP contribution is 2.38. The third-order valence-corrected chi connectivity index (χ3v) is 5.92. The fraction of sp³-hybridized carbons (Fsp3) is 0.500. The monoisotopic (exact) mass is 379 g/mol. The standard InChI is InChI=1S/C22H29N5O/c1-22(2)14-26-19-12-16(5-6-18(19)22)27-21(28)17-4-3-9-24-20(17)25-13-15-7-10-23-11-8-15/h4-7,10-12,15,18-19,26H,3,8-9,13-14H2,1-2H3,(H,24,25)(H,27,28). The molecule has 3 heterocycles. The summed E-state index contributed by atoms with van der Waals surface area (Å²) in [4.78, 5) is 21.6. The predicted molar refractivity (Wildman–Crippen MR) is 113 cm³/mol. The van der Waals surface area contributed by atoms with Gasteiger partial charge in [0, 0.05) is 55.6 Å². The van der Waals surface area contributed by atoms with Crippen LogP contribution in [0.2, 0.25) is 0 Å². The number of fused-ring (bicyclic) bond motifs is 1. The summed E-state index contributed by atoms with van der Waals surface area (Å²) in [7, 11) is 0. The summed E-state index contributed by atoms with van der Waals surface area (Å²) in [6, 6.07) is 0.279. The van der Waals surface area contributed by atoms with E-state index in [1.54, 1.807) is 0 Å². The normalized spacial score (nSPS) is 30.2. The second-order valence-electron chi connectivity index (χ2n) is 8.54. The molecule has 1 aliphatic carbocycles. The lowest BCUT2D eigenvalue weighted by Gasteiger charge is -2.28. The zero-order valence-corrected chi connectivity index (χ0v) is 16.6. The molecule has 28 heavy (non-hydrogen) atoms. The first-order chi connectivity index (χ1) is 13.5. The summed E-state index contributed by atoms with van der Waals surface area (Å²) in [6.07, 6.45) is 15.9. The Morgan fingerprint density at radius 2 is 2.25 bits per heavy atom. The Bertz CT molecular complexity index is 815. The Balaban J connectivity index is 1.37. The van der Waals surface area contributed by atoms with Crippen LogP contribution >= 0.6 is 0 Å². The largest absolute Gasteiger partial charge is 0.369 e. The quantitative estimate of drug-likeness (QED) is 0.700. The first kappa shape index (κ1) is 18.9. The molecule has 1 amide bonds. The maximum atomic E-state index is 12.9.